The van der Waals surface area contributed by atoms with E-state index in [1.54, 1.807) is 0 Å². The zero-order valence-corrected chi connectivity index (χ0v) is 13.6. The minimum Gasteiger partial charge on any atom is -0.311 e. The molecule has 0 aliphatic rings. The molecule has 0 aliphatic heterocycles. The molecule has 0 atom stereocenters. The molecule has 0 bridgehead atoms. The fourth-order valence-corrected chi connectivity index (χ4v) is 2.61. The summed E-state index contributed by atoms with van der Waals surface area (Å²) in [4.78, 5) is 2.11. The van der Waals surface area contributed by atoms with E-state index in [-0.39, 0.29) is 0 Å². The van der Waals surface area contributed by atoms with Gasteiger partial charge in [-0.1, -0.05) is 36.4 Å². The molecule has 4 heteroatoms. The van der Waals surface area contributed by atoms with Crippen LogP contribution in [0.1, 0.15) is 16.7 Å². The highest BCUT2D eigenvalue weighted by atomic mass is 15.1. The number of benzene rings is 3. The van der Waals surface area contributed by atoms with Gasteiger partial charge in [-0.15, -0.1) is 0 Å². The average Bonchev–Trinajstić information content (AvgIpc) is 2.70. The molecule has 0 unspecified atom stereocenters. The Balaban J connectivity index is 2.09. The summed E-state index contributed by atoms with van der Waals surface area (Å²) in [5.41, 5.74) is 5.49. The standard InChI is InChI=1S/C21H18N4/c22-13-16-1-7-19(8-2-16)25(20-9-3-17(14-23)4-10-20)21-11-5-18(15-24)6-12-21/h1-15,22-24H. The summed E-state index contributed by atoms with van der Waals surface area (Å²) < 4.78 is 0. The SMILES string of the molecule is N=Cc1ccc(N(c2ccc(C=N)cc2)c2ccc(C=N)cc2)cc1. The van der Waals surface area contributed by atoms with Crippen LogP contribution in [-0.4, -0.2) is 18.6 Å². The molecule has 0 aromatic heterocycles. The number of rotatable bonds is 6. The summed E-state index contributed by atoms with van der Waals surface area (Å²) in [6, 6.07) is 23.3. The third-order valence-electron chi connectivity index (χ3n) is 3.95. The Hall–Kier alpha value is -3.53. The van der Waals surface area contributed by atoms with E-state index in [0.29, 0.717) is 0 Å². The zero-order valence-electron chi connectivity index (χ0n) is 13.6. The van der Waals surface area contributed by atoms with Crippen molar-refractivity contribution in [3.8, 4) is 0 Å². The highest BCUT2D eigenvalue weighted by Crippen LogP contribution is 2.34. The lowest BCUT2D eigenvalue weighted by molar-refractivity contribution is 1.28. The lowest BCUT2D eigenvalue weighted by Gasteiger charge is -2.25. The Labute approximate surface area is 146 Å². The van der Waals surface area contributed by atoms with Crippen molar-refractivity contribution in [2.24, 2.45) is 0 Å². The van der Waals surface area contributed by atoms with Crippen LogP contribution < -0.4 is 4.90 Å². The van der Waals surface area contributed by atoms with E-state index in [0.717, 1.165) is 33.8 Å². The van der Waals surface area contributed by atoms with Gasteiger partial charge in [-0.25, -0.2) is 0 Å². The Kier molecular flexibility index (Phi) is 4.81. The normalized spacial score (nSPS) is 10.1. The van der Waals surface area contributed by atoms with Crippen LogP contribution in [-0.2, 0) is 0 Å². The van der Waals surface area contributed by atoms with Gasteiger partial charge in [-0.05, 0) is 53.1 Å². The predicted molar refractivity (Wildman–Crippen MR) is 105 cm³/mol. The lowest BCUT2D eigenvalue weighted by atomic mass is 10.1. The molecule has 0 spiro atoms. The first-order valence-corrected chi connectivity index (χ1v) is 7.87. The lowest BCUT2D eigenvalue weighted by Crippen LogP contribution is -2.10. The molecule has 0 saturated heterocycles. The van der Waals surface area contributed by atoms with Crippen molar-refractivity contribution < 1.29 is 0 Å². The summed E-state index contributed by atoms with van der Waals surface area (Å²) in [6.45, 7) is 0. The van der Waals surface area contributed by atoms with Crippen molar-refractivity contribution in [1.29, 1.82) is 16.2 Å². The molecule has 0 fully saturated rings. The van der Waals surface area contributed by atoms with Crippen LogP contribution in [0.5, 0.6) is 0 Å². The maximum absolute atomic E-state index is 7.36. The van der Waals surface area contributed by atoms with Gasteiger partial charge in [-0.2, -0.15) is 0 Å². The van der Waals surface area contributed by atoms with E-state index in [2.05, 4.69) is 4.90 Å². The van der Waals surface area contributed by atoms with Crippen molar-refractivity contribution in [1.82, 2.24) is 0 Å². The monoisotopic (exact) mass is 326 g/mol. The molecule has 3 rings (SSSR count). The molecule has 0 saturated carbocycles. The minimum atomic E-state index is 0.849. The summed E-state index contributed by atoms with van der Waals surface area (Å²) in [5, 5.41) is 22.1. The molecule has 25 heavy (non-hydrogen) atoms. The molecule has 4 nitrogen and oxygen atoms in total. The maximum atomic E-state index is 7.36. The van der Waals surface area contributed by atoms with Gasteiger partial charge < -0.3 is 21.1 Å². The van der Waals surface area contributed by atoms with Crippen molar-refractivity contribution in [3.63, 3.8) is 0 Å². The van der Waals surface area contributed by atoms with Crippen molar-refractivity contribution in [2.75, 3.05) is 4.90 Å². The number of nitrogens with zero attached hydrogens (tertiary/aromatic N) is 1. The van der Waals surface area contributed by atoms with E-state index in [4.69, 9.17) is 16.2 Å². The second kappa shape index (κ2) is 7.36. The fourth-order valence-electron chi connectivity index (χ4n) is 2.61. The van der Waals surface area contributed by atoms with Crippen LogP contribution in [0.15, 0.2) is 72.8 Å². The molecular formula is C21H18N4. The van der Waals surface area contributed by atoms with Gasteiger partial charge in [0.2, 0.25) is 0 Å². The van der Waals surface area contributed by atoms with Crippen LogP contribution >= 0.6 is 0 Å². The number of hydrogen-bond acceptors (Lipinski definition) is 4. The van der Waals surface area contributed by atoms with Crippen molar-refractivity contribution in [2.45, 2.75) is 0 Å². The molecule has 3 N–H and O–H groups in total. The van der Waals surface area contributed by atoms with E-state index in [1.165, 1.54) is 18.6 Å². The Morgan fingerprint density at radius 3 is 0.880 bits per heavy atom. The largest absolute Gasteiger partial charge is 0.311 e. The van der Waals surface area contributed by atoms with Crippen LogP contribution in [0, 0.1) is 16.2 Å². The first kappa shape index (κ1) is 16.3. The fraction of sp³-hybridized carbons (Fsp3) is 0. The number of anilines is 3. The second-order valence-electron chi connectivity index (χ2n) is 5.54. The predicted octanol–water partition coefficient (Wildman–Crippen LogP) is 5.15. The Bertz CT molecular complexity index is 756. The van der Waals surface area contributed by atoms with Crippen LogP contribution in [0.4, 0.5) is 17.1 Å². The second-order valence-corrected chi connectivity index (χ2v) is 5.54. The van der Waals surface area contributed by atoms with E-state index in [1.807, 2.05) is 72.8 Å². The molecule has 0 heterocycles. The van der Waals surface area contributed by atoms with E-state index >= 15 is 0 Å². The maximum Gasteiger partial charge on any atom is 0.0462 e. The van der Waals surface area contributed by atoms with Crippen molar-refractivity contribution >= 4 is 35.7 Å². The average molecular weight is 326 g/mol. The summed E-state index contributed by atoms with van der Waals surface area (Å²) >= 11 is 0. The van der Waals surface area contributed by atoms with Crippen molar-refractivity contribution in [3.05, 3.63) is 89.5 Å². The number of hydrogen-bond donors (Lipinski definition) is 3. The first-order valence-electron chi connectivity index (χ1n) is 7.87. The molecule has 0 radical (unpaired) electrons. The molecule has 122 valence electrons. The zero-order chi connectivity index (χ0) is 17.6. The van der Waals surface area contributed by atoms with Gasteiger partial charge in [0.1, 0.15) is 0 Å². The molecular weight excluding hydrogens is 308 g/mol. The Morgan fingerprint density at radius 2 is 0.680 bits per heavy atom. The van der Waals surface area contributed by atoms with E-state index < -0.39 is 0 Å². The third-order valence-corrected chi connectivity index (χ3v) is 3.95. The molecule has 3 aromatic rings. The minimum absolute atomic E-state index is 0.849. The van der Waals surface area contributed by atoms with Gasteiger partial charge in [-0.3, -0.25) is 0 Å². The third kappa shape index (κ3) is 3.53. The number of nitrogens with one attached hydrogen (secondary N) is 3. The molecule has 0 aliphatic carbocycles. The van der Waals surface area contributed by atoms with E-state index in [9.17, 15) is 0 Å². The highest BCUT2D eigenvalue weighted by molar-refractivity contribution is 5.84. The highest BCUT2D eigenvalue weighted by Gasteiger charge is 2.12. The summed E-state index contributed by atoms with van der Waals surface area (Å²) in [7, 11) is 0. The Morgan fingerprint density at radius 1 is 0.440 bits per heavy atom. The first-order chi connectivity index (χ1) is 12.2. The molecule has 3 aromatic carbocycles. The quantitative estimate of drug-likeness (QED) is 0.538. The smallest absolute Gasteiger partial charge is 0.0462 e. The van der Waals surface area contributed by atoms with Crippen LogP contribution in [0.3, 0.4) is 0 Å². The van der Waals surface area contributed by atoms with Crippen LogP contribution in [0.25, 0.3) is 0 Å². The van der Waals surface area contributed by atoms with Gasteiger partial charge in [0.15, 0.2) is 0 Å². The topological polar surface area (TPSA) is 74.8 Å². The summed E-state index contributed by atoms with van der Waals surface area (Å²) in [6.07, 6.45) is 3.98. The van der Waals surface area contributed by atoms with Gasteiger partial charge in [0.05, 0.1) is 0 Å². The van der Waals surface area contributed by atoms with Gasteiger partial charge >= 0.3 is 0 Å². The van der Waals surface area contributed by atoms with Crippen LogP contribution in [0.2, 0.25) is 0 Å². The molecule has 0 amide bonds. The summed E-state index contributed by atoms with van der Waals surface area (Å²) in [5.74, 6) is 0. The van der Waals surface area contributed by atoms with Gasteiger partial charge in [0.25, 0.3) is 0 Å². The van der Waals surface area contributed by atoms with Gasteiger partial charge in [0, 0.05) is 35.7 Å².